The van der Waals surface area contributed by atoms with Gasteiger partial charge in [0.25, 0.3) is 0 Å². The van der Waals surface area contributed by atoms with E-state index in [2.05, 4.69) is 15.2 Å². The number of nitrogens with one attached hydrogen (secondary N) is 1. The van der Waals surface area contributed by atoms with Crippen LogP contribution in [0.25, 0.3) is 11.6 Å². The lowest BCUT2D eigenvalue weighted by molar-refractivity contribution is 1.06. The van der Waals surface area contributed by atoms with Crippen LogP contribution in [0, 0.1) is 0 Å². The van der Waals surface area contributed by atoms with E-state index in [0.717, 1.165) is 17.1 Å². The average molecular weight is 147 g/mol. The van der Waals surface area contributed by atoms with Crippen LogP contribution in [0.15, 0.2) is 11.2 Å². The molecule has 0 amide bonds. The zero-order chi connectivity index (χ0) is 7.68. The molecule has 11 heavy (non-hydrogen) atoms. The first-order valence-electron chi connectivity index (χ1n) is 3.58. The van der Waals surface area contributed by atoms with Crippen LogP contribution in [-0.2, 0) is 0 Å². The summed E-state index contributed by atoms with van der Waals surface area (Å²) in [5.41, 5.74) is 1.17. The standard InChI is InChI=1S/C8H9N3/c1-6-4-9-3-2-8-7(6)5-10-11-8/h2,4-5,11H,3H2,1H3. The Hall–Kier alpha value is -1.38. The van der Waals surface area contributed by atoms with Gasteiger partial charge in [0, 0.05) is 11.4 Å². The summed E-state index contributed by atoms with van der Waals surface area (Å²) in [5, 5.41) is 9.12. The Kier molecular flexibility index (Phi) is 1.35. The molecular weight excluding hydrogens is 138 g/mol. The largest absolute Gasteiger partial charge is 0.289 e. The molecule has 1 aliphatic rings. The maximum absolute atomic E-state index is 4.17. The Morgan fingerprint density at radius 1 is 1.55 bits per heavy atom. The highest BCUT2D eigenvalue weighted by atomic mass is 15.1. The molecule has 1 aromatic heterocycles. The van der Waals surface area contributed by atoms with E-state index < -0.39 is 0 Å². The third-order valence-corrected chi connectivity index (χ3v) is 1.78. The van der Waals surface area contributed by atoms with Gasteiger partial charge in [-0.1, -0.05) is 0 Å². The van der Waals surface area contributed by atoms with Gasteiger partial charge < -0.3 is 0 Å². The molecule has 0 saturated heterocycles. The second-order valence-corrected chi connectivity index (χ2v) is 2.58. The zero-order valence-electron chi connectivity index (χ0n) is 6.33. The zero-order valence-corrected chi connectivity index (χ0v) is 6.33. The molecule has 0 aliphatic carbocycles. The van der Waals surface area contributed by atoms with Gasteiger partial charge in [0.15, 0.2) is 0 Å². The molecule has 0 fully saturated rings. The minimum atomic E-state index is 0.743. The summed E-state index contributed by atoms with van der Waals surface area (Å²) in [6, 6.07) is 0. The first-order valence-corrected chi connectivity index (χ1v) is 3.58. The predicted octanol–water partition coefficient (Wildman–Crippen LogP) is -0.555. The summed E-state index contributed by atoms with van der Waals surface area (Å²) >= 11 is 0. The molecule has 3 heteroatoms. The molecule has 56 valence electrons. The first kappa shape index (κ1) is 6.34. The van der Waals surface area contributed by atoms with E-state index in [0.29, 0.717) is 0 Å². The lowest BCUT2D eigenvalue weighted by Crippen LogP contribution is -2.23. The summed E-state index contributed by atoms with van der Waals surface area (Å²) < 4.78 is 0. The molecule has 1 aromatic rings. The monoisotopic (exact) mass is 147 g/mol. The van der Waals surface area contributed by atoms with Crippen molar-refractivity contribution in [2.45, 2.75) is 6.92 Å². The molecule has 0 unspecified atom stereocenters. The molecular formula is C8H9N3. The molecule has 3 nitrogen and oxygen atoms in total. The number of rotatable bonds is 0. The van der Waals surface area contributed by atoms with Crippen LogP contribution in [0.2, 0.25) is 0 Å². The van der Waals surface area contributed by atoms with E-state index in [4.69, 9.17) is 0 Å². The molecule has 0 atom stereocenters. The van der Waals surface area contributed by atoms with E-state index in [1.54, 1.807) is 0 Å². The van der Waals surface area contributed by atoms with Crippen LogP contribution in [-0.4, -0.2) is 23.0 Å². The highest BCUT2D eigenvalue weighted by Crippen LogP contribution is 1.85. The Morgan fingerprint density at radius 2 is 2.45 bits per heavy atom. The summed E-state index contributed by atoms with van der Waals surface area (Å²) in [5.74, 6) is 0. The minimum Gasteiger partial charge on any atom is -0.289 e. The summed E-state index contributed by atoms with van der Waals surface area (Å²) in [4.78, 5) is 4.17. The Bertz CT molecular complexity index is 397. The topological polar surface area (TPSA) is 41.0 Å². The molecule has 1 N–H and O–H groups in total. The molecule has 2 rings (SSSR count). The van der Waals surface area contributed by atoms with Crippen LogP contribution in [0.5, 0.6) is 0 Å². The second kappa shape index (κ2) is 2.34. The number of H-pyrrole nitrogens is 1. The van der Waals surface area contributed by atoms with Gasteiger partial charge in [0.2, 0.25) is 0 Å². The number of fused-ring (bicyclic) bond motifs is 1. The van der Waals surface area contributed by atoms with Crippen LogP contribution in [0.3, 0.4) is 0 Å². The van der Waals surface area contributed by atoms with Crippen molar-refractivity contribution < 1.29 is 0 Å². The van der Waals surface area contributed by atoms with Gasteiger partial charge >= 0.3 is 0 Å². The Morgan fingerprint density at radius 3 is 3.36 bits per heavy atom. The van der Waals surface area contributed by atoms with Crippen molar-refractivity contribution in [3.05, 3.63) is 16.8 Å². The van der Waals surface area contributed by atoms with Crippen LogP contribution >= 0.6 is 0 Å². The Labute approximate surface area is 64.2 Å². The normalized spacial score (nSPS) is 15.5. The fourth-order valence-electron chi connectivity index (χ4n) is 1.17. The van der Waals surface area contributed by atoms with E-state index >= 15 is 0 Å². The highest BCUT2D eigenvalue weighted by molar-refractivity contribution is 6.01. The van der Waals surface area contributed by atoms with Gasteiger partial charge in [0.05, 0.1) is 18.1 Å². The van der Waals surface area contributed by atoms with Crippen molar-refractivity contribution in [2.75, 3.05) is 6.54 Å². The lowest BCUT2D eigenvalue weighted by atomic mass is 10.2. The first-order chi connectivity index (χ1) is 5.38. The number of hydrogen-bond donors (Lipinski definition) is 1. The highest BCUT2D eigenvalue weighted by Gasteiger charge is 1.94. The fourth-order valence-corrected chi connectivity index (χ4v) is 1.17. The summed E-state index contributed by atoms with van der Waals surface area (Å²) in [6.07, 6.45) is 5.76. The van der Waals surface area contributed by atoms with Crippen molar-refractivity contribution >= 4 is 17.9 Å². The van der Waals surface area contributed by atoms with Crippen molar-refractivity contribution in [3.63, 3.8) is 0 Å². The van der Waals surface area contributed by atoms with Gasteiger partial charge in [-0.05, 0) is 18.6 Å². The summed E-state index contributed by atoms with van der Waals surface area (Å²) in [7, 11) is 0. The third kappa shape index (κ3) is 0.981. The van der Waals surface area contributed by atoms with Gasteiger partial charge in [-0.15, -0.1) is 0 Å². The lowest BCUT2D eigenvalue weighted by Gasteiger charge is -1.82. The van der Waals surface area contributed by atoms with Crippen molar-refractivity contribution in [2.24, 2.45) is 4.99 Å². The fraction of sp³-hybridized carbons (Fsp3) is 0.250. The average Bonchev–Trinajstić information content (AvgIpc) is 2.40. The molecule has 0 saturated carbocycles. The van der Waals surface area contributed by atoms with E-state index in [1.165, 1.54) is 5.57 Å². The van der Waals surface area contributed by atoms with E-state index in [1.807, 2.05) is 25.4 Å². The molecule has 0 spiro atoms. The molecule has 0 aromatic carbocycles. The predicted molar refractivity (Wildman–Crippen MR) is 44.7 cm³/mol. The van der Waals surface area contributed by atoms with Gasteiger partial charge in [-0.2, -0.15) is 5.10 Å². The number of aromatic amines is 1. The number of aromatic nitrogens is 2. The number of aliphatic imine (C=N–C) groups is 1. The molecule has 0 bridgehead atoms. The molecule has 1 aliphatic heterocycles. The quantitative estimate of drug-likeness (QED) is 0.525. The Balaban J connectivity index is 2.89. The number of nitrogens with zero attached hydrogens (tertiary/aromatic N) is 2. The third-order valence-electron chi connectivity index (χ3n) is 1.78. The van der Waals surface area contributed by atoms with Gasteiger partial charge in [-0.25, -0.2) is 0 Å². The molecule has 2 heterocycles. The SMILES string of the molecule is CC1=c2cn[nH]c2=CCN=C1. The molecule has 0 radical (unpaired) electrons. The number of hydrogen-bond acceptors (Lipinski definition) is 2. The maximum Gasteiger partial charge on any atom is 0.0632 e. The van der Waals surface area contributed by atoms with Crippen LogP contribution in [0.4, 0.5) is 0 Å². The van der Waals surface area contributed by atoms with Crippen LogP contribution in [0.1, 0.15) is 6.92 Å². The second-order valence-electron chi connectivity index (χ2n) is 2.58. The van der Waals surface area contributed by atoms with E-state index in [-0.39, 0.29) is 0 Å². The van der Waals surface area contributed by atoms with Crippen LogP contribution < -0.4 is 10.6 Å². The summed E-state index contributed by atoms with van der Waals surface area (Å²) in [6.45, 7) is 2.78. The maximum atomic E-state index is 4.17. The van der Waals surface area contributed by atoms with Gasteiger partial charge in [0.1, 0.15) is 0 Å². The smallest absolute Gasteiger partial charge is 0.0632 e. The van der Waals surface area contributed by atoms with E-state index in [9.17, 15) is 0 Å². The van der Waals surface area contributed by atoms with Crippen molar-refractivity contribution in [1.82, 2.24) is 10.2 Å². The van der Waals surface area contributed by atoms with Gasteiger partial charge in [-0.3, -0.25) is 10.1 Å². The van der Waals surface area contributed by atoms with Crippen molar-refractivity contribution in [1.29, 1.82) is 0 Å². The van der Waals surface area contributed by atoms with Crippen molar-refractivity contribution in [3.8, 4) is 0 Å². The minimum absolute atomic E-state index is 0.743.